The molecule has 0 spiro atoms. The van der Waals surface area contributed by atoms with Gasteiger partial charge in [0.2, 0.25) is 0 Å². The molecular formula is C26H34N6O6. The molecule has 0 aliphatic carbocycles. The highest BCUT2D eigenvalue weighted by atomic mass is 16.6. The highest BCUT2D eigenvalue weighted by molar-refractivity contribution is 5.81. The average Bonchev–Trinajstić information content (AvgIpc) is 3.52. The molecule has 2 saturated heterocycles. The zero-order valence-corrected chi connectivity index (χ0v) is 21.2. The molecule has 2 aliphatic heterocycles. The maximum absolute atomic E-state index is 12.4. The fraction of sp³-hybridized carbons (Fsp3) is 0.538. The number of carbonyl (C=O) groups excluding carboxylic acids is 1. The fourth-order valence-corrected chi connectivity index (χ4v) is 4.96. The number of nitrogens with two attached hydrogens (primary N) is 1. The number of hydrogen-bond donors (Lipinski definition) is 3. The molecule has 0 bridgehead atoms. The molecule has 0 saturated carbocycles. The normalized spacial score (nSPS) is 22.3. The van der Waals surface area contributed by atoms with E-state index in [4.69, 9.17) is 24.9 Å². The van der Waals surface area contributed by atoms with Gasteiger partial charge < -0.3 is 35.1 Å². The lowest BCUT2D eigenvalue weighted by Gasteiger charge is -2.31. The van der Waals surface area contributed by atoms with Crippen LogP contribution in [0.4, 0.5) is 10.6 Å². The summed E-state index contributed by atoms with van der Waals surface area (Å²) < 4.78 is 18.5. The van der Waals surface area contributed by atoms with E-state index in [9.17, 15) is 15.0 Å². The number of benzene rings is 1. The molecule has 5 rings (SSSR count). The number of imidazole rings is 1. The first-order valence-electron chi connectivity index (χ1n) is 13.0. The van der Waals surface area contributed by atoms with Crippen molar-refractivity contribution in [1.29, 1.82) is 0 Å². The van der Waals surface area contributed by atoms with Gasteiger partial charge in [-0.05, 0) is 24.3 Å². The summed E-state index contributed by atoms with van der Waals surface area (Å²) in [5, 5.41) is 19.5. The Morgan fingerprint density at radius 3 is 2.68 bits per heavy atom. The summed E-state index contributed by atoms with van der Waals surface area (Å²) in [6, 6.07) is 9.86. The van der Waals surface area contributed by atoms with Gasteiger partial charge in [0.1, 0.15) is 30.3 Å². The quantitative estimate of drug-likeness (QED) is 0.350. The number of aliphatic hydroxyl groups excluding tert-OH is 2. The third-order valence-electron chi connectivity index (χ3n) is 7.10. The predicted molar refractivity (Wildman–Crippen MR) is 137 cm³/mol. The monoisotopic (exact) mass is 526 g/mol. The molecule has 1 amide bonds. The van der Waals surface area contributed by atoms with Gasteiger partial charge in [-0.25, -0.2) is 19.7 Å². The third kappa shape index (κ3) is 6.04. The molecule has 2 aliphatic rings. The van der Waals surface area contributed by atoms with Gasteiger partial charge >= 0.3 is 6.09 Å². The van der Waals surface area contributed by atoms with Gasteiger partial charge in [0, 0.05) is 25.9 Å². The number of ether oxygens (including phenoxy) is 3. The highest BCUT2D eigenvalue weighted by Crippen LogP contribution is 2.32. The molecule has 2 fully saturated rings. The van der Waals surface area contributed by atoms with Crippen LogP contribution in [0.3, 0.4) is 0 Å². The first kappa shape index (κ1) is 26.3. The Morgan fingerprint density at radius 1 is 1.16 bits per heavy atom. The zero-order chi connectivity index (χ0) is 26.5. The average molecular weight is 527 g/mol. The van der Waals surface area contributed by atoms with Gasteiger partial charge in [-0.3, -0.25) is 4.57 Å². The minimum absolute atomic E-state index is 0.215. The molecule has 4 heterocycles. The Hall–Kier alpha value is -3.32. The zero-order valence-electron chi connectivity index (χ0n) is 21.2. The number of aliphatic hydroxyl groups is 2. The lowest BCUT2D eigenvalue weighted by atomic mass is 9.93. The second kappa shape index (κ2) is 12.0. The molecule has 1 unspecified atom stereocenters. The third-order valence-corrected chi connectivity index (χ3v) is 7.10. The summed E-state index contributed by atoms with van der Waals surface area (Å²) in [6.45, 7) is 1.98. The van der Waals surface area contributed by atoms with Gasteiger partial charge in [-0.1, -0.05) is 30.3 Å². The van der Waals surface area contributed by atoms with Gasteiger partial charge in [0.25, 0.3) is 0 Å². The van der Waals surface area contributed by atoms with E-state index in [0.717, 1.165) is 18.4 Å². The molecule has 1 aromatic carbocycles. The fourth-order valence-electron chi connectivity index (χ4n) is 4.96. The molecule has 12 nitrogen and oxygen atoms in total. The number of nitrogens with zero attached hydrogens (tertiary/aromatic N) is 5. The molecule has 12 heteroatoms. The standard InChI is InChI=1S/C26H34N6O6/c27-24-23-25(32(16-28-23)22-13-19(34)20(14-33)38-22)30-21(29-24)12-17-6-8-31(9-7-17)26(35)37-11-10-36-15-18-4-2-1-3-5-18/h1-5,16-17,19-20,22,33-34H,6-15H2,(H2,27,29,30)/t19?,20-,22-/m1/s1. The number of aromatic nitrogens is 4. The molecule has 4 N–H and O–H groups in total. The van der Waals surface area contributed by atoms with Crippen LogP contribution in [0, 0.1) is 5.92 Å². The van der Waals surface area contributed by atoms with E-state index in [1.165, 1.54) is 0 Å². The largest absolute Gasteiger partial charge is 0.447 e. The van der Waals surface area contributed by atoms with E-state index >= 15 is 0 Å². The number of hydrogen-bond acceptors (Lipinski definition) is 10. The van der Waals surface area contributed by atoms with Crippen molar-refractivity contribution in [3.63, 3.8) is 0 Å². The summed E-state index contributed by atoms with van der Waals surface area (Å²) in [5.41, 5.74) is 8.28. The van der Waals surface area contributed by atoms with Crippen LogP contribution in [0.15, 0.2) is 36.7 Å². The first-order valence-corrected chi connectivity index (χ1v) is 13.0. The van der Waals surface area contributed by atoms with E-state index in [1.54, 1.807) is 15.8 Å². The Kier molecular flexibility index (Phi) is 8.32. The summed E-state index contributed by atoms with van der Waals surface area (Å²) in [6.07, 6.45) is 1.90. The molecule has 3 atom stereocenters. The number of likely N-dealkylation sites (tertiary alicyclic amines) is 1. The van der Waals surface area contributed by atoms with Crippen molar-refractivity contribution in [2.45, 2.75) is 50.7 Å². The second-order valence-corrected chi connectivity index (χ2v) is 9.75. The maximum Gasteiger partial charge on any atom is 0.409 e. The lowest BCUT2D eigenvalue weighted by Crippen LogP contribution is -2.39. The lowest BCUT2D eigenvalue weighted by molar-refractivity contribution is -0.0432. The van der Waals surface area contributed by atoms with Crippen molar-refractivity contribution in [2.75, 3.05) is 38.6 Å². The number of fused-ring (bicyclic) bond motifs is 1. The Labute approximate surface area is 220 Å². The van der Waals surface area contributed by atoms with Crippen LogP contribution in [-0.4, -0.2) is 85.8 Å². The van der Waals surface area contributed by atoms with Crippen molar-refractivity contribution in [2.24, 2.45) is 5.92 Å². The van der Waals surface area contributed by atoms with Crippen molar-refractivity contribution < 1.29 is 29.2 Å². The van der Waals surface area contributed by atoms with Gasteiger partial charge in [0.15, 0.2) is 11.5 Å². The Bertz CT molecular complexity index is 1220. The number of rotatable bonds is 9. The summed E-state index contributed by atoms with van der Waals surface area (Å²) >= 11 is 0. The first-order chi connectivity index (χ1) is 18.5. The minimum Gasteiger partial charge on any atom is -0.447 e. The van der Waals surface area contributed by atoms with Crippen molar-refractivity contribution in [3.05, 3.63) is 48.0 Å². The number of carbonyl (C=O) groups is 1. The number of anilines is 1. The number of amides is 1. The Morgan fingerprint density at radius 2 is 1.95 bits per heavy atom. The van der Waals surface area contributed by atoms with Crippen molar-refractivity contribution in [3.8, 4) is 0 Å². The highest BCUT2D eigenvalue weighted by Gasteiger charge is 2.35. The molecule has 204 valence electrons. The van der Waals surface area contributed by atoms with Crippen LogP contribution in [0.5, 0.6) is 0 Å². The molecule has 38 heavy (non-hydrogen) atoms. The van der Waals surface area contributed by atoms with Crippen molar-refractivity contribution in [1.82, 2.24) is 24.4 Å². The van der Waals surface area contributed by atoms with E-state index in [2.05, 4.69) is 9.97 Å². The smallest absolute Gasteiger partial charge is 0.409 e. The van der Waals surface area contributed by atoms with Crippen LogP contribution < -0.4 is 5.73 Å². The summed E-state index contributed by atoms with van der Waals surface area (Å²) in [4.78, 5) is 27.7. The van der Waals surface area contributed by atoms with E-state index in [1.807, 2.05) is 30.3 Å². The Balaban J connectivity index is 1.10. The van der Waals surface area contributed by atoms with Crippen LogP contribution in [0.1, 0.15) is 36.9 Å². The minimum atomic E-state index is -0.764. The number of nitrogen functional groups attached to an aromatic ring is 1. The van der Waals surface area contributed by atoms with Crippen LogP contribution >= 0.6 is 0 Å². The molecule has 0 radical (unpaired) electrons. The predicted octanol–water partition coefficient (Wildman–Crippen LogP) is 1.66. The molecule has 2 aromatic heterocycles. The summed E-state index contributed by atoms with van der Waals surface area (Å²) in [5.74, 6) is 1.19. The molecule has 3 aromatic rings. The van der Waals surface area contributed by atoms with Gasteiger partial charge in [-0.2, -0.15) is 0 Å². The van der Waals surface area contributed by atoms with Crippen LogP contribution in [0.25, 0.3) is 11.2 Å². The van der Waals surface area contributed by atoms with Gasteiger partial charge in [0.05, 0.1) is 32.3 Å². The van der Waals surface area contributed by atoms with Gasteiger partial charge in [-0.15, -0.1) is 0 Å². The second-order valence-electron chi connectivity index (χ2n) is 9.75. The topological polar surface area (TPSA) is 158 Å². The number of piperidine rings is 1. The molecular weight excluding hydrogens is 492 g/mol. The van der Waals surface area contributed by atoms with E-state index < -0.39 is 18.4 Å². The van der Waals surface area contributed by atoms with E-state index in [-0.39, 0.29) is 25.1 Å². The van der Waals surface area contributed by atoms with Crippen molar-refractivity contribution >= 4 is 23.1 Å². The van der Waals surface area contributed by atoms with Crippen LogP contribution in [0.2, 0.25) is 0 Å². The van der Waals surface area contributed by atoms with Crippen LogP contribution in [-0.2, 0) is 27.2 Å². The maximum atomic E-state index is 12.4. The van der Waals surface area contributed by atoms with E-state index in [0.29, 0.717) is 62.1 Å². The SMILES string of the molecule is Nc1nc(CC2CCN(C(=O)OCCOCc3ccccc3)CC2)nc2c1ncn2[C@H]1CC(O)[C@@H](CO)O1. The summed E-state index contributed by atoms with van der Waals surface area (Å²) in [7, 11) is 0.